The van der Waals surface area contributed by atoms with Crippen LogP contribution in [0.2, 0.25) is 0 Å². The van der Waals surface area contributed by atoms with Gasteiger partial charge in [-0.3, -0.25) is 0 Å². The van der Waals surface area contributed by atoms with Crippen molar-refractivity contribution in [1.82, 2.24) is 20.3 Å². The largest absolute Gasteiger partial charge is 0.497 e. The van der Waals surface area contributed by atoms with E-state index in [1.807, 2.05) is 30.3 Å². The summed E-state index contributed by atoms with van der Waals surface area (Å²) in [5, 5.41) is 11.3. The van der Waals surface area contributed by atoms with Gasteiger partial charge in [0.05, 0.1) is 11.6 Å². The van der Waals surface area contributed by atoms with E-state index in [0.29, 0.717) is 12.5 Å². The van der Waals surface area contributed by atoms with Gasteiger partial charge in [0.15, 0.2) is 0 Å². The average Bonchev–Trinajstić information content (AvgIpc) is 3.28. The molecule has 0 saturated heterocycles. The topological polar surface area (TPSA) is 86.9 Å². The summed E-state index contributed by atoms with van der Waals surface area (Å²) in [5.41, 5.74) is 5.80. The van der Waals surface area contributed by atoms with E-state index in [0.717, 1.165) is 52.3 Å². The Kier molecular flexibility index (Phi) is 6.28. The molecule has 3 heterocycles. The molecule has 168 valence electrons. The number of nitrogens with zero attached hydrogens (tertiary/aromatic N) is 2. The van der Waals surface area contributed by atoms with Crippen LogP contribution in [0.5, 0.6) is 5.75 Å². The molecule has 4 N–H and O–H groups in total. The highest BCUT2D eigenvalue weighted by atomic mass is 79.9. The molecule has 0 bridgehead atoms. The number of aromatic nitrogens is 3. The monoisotopic (exact) mass is 504 g/mol. The van der Waals surface area contributed by atoms with E-state index in [1.165, 1.54) is 16.5 Å². The zero-order valence-electron chi connectivity index (χ0n) is 18.3. The van der Waals surface area contributed by atoms with Crippen molar-refractivity contribution in [1.29, 1.82) is 0 Å². The number of rotatable bonds is 7. The first-order chi connectivity index (χ1) is 16.2. The highest BCUT2D eigenvalue weighted by molar-refractivity contribution is 9.10. The molecule has 0 radical (unpaired) electrons. The predicted octanol–water partition coefficient (Wildman–Crippen LogP) is 5.46. The molecule has 0 aliphatic carbocycles. The number of halogens is 1. The number of hydrogen-bond acceptors (Lipinski definition) is 6. The van der Waals surface area contributed by atoms with Crippen molar-refractivity contribution < 1.29 is 4.74 Å². The number of anilines is 3. The van der Waals surface area contributed by atoms with E-state index in [1.54, 1.807) is 13.3 Å². The van der Waals surface area contributed by atoms with Crippen LogP contribution in [0.4, 0.5) is 17.5 Å². The van der Waals surface area contributed by atoms with Gasteiger partial charge in [0, 0.05) is 47.6 Å². The van der Waals surface area contributed by atoms with Crippen molar-refractivity contribution in [2.75, 3.05) is 30.8 Å². The first kappa shape index (κ1) is 21.5. The highest BCUT2D eigenvalue weighted by Crippen LogP contribution is 2.31. The molecule has 1 aliphatic heterocycles. The lowest BCUT2D eigenvalue weighted by Crippen LogP contribution is -2.19. The van der Waals surface area contributed by atoms with Gasteiger partial charge in [-0.25, -0.2) is 4.98 Å². The third kappa shape index (κ3) is 4.86. The van der Waals surface area contributed by atoms with Crippen molar-refractivity contribution in [3.05, 3.63) is 76.5 Å². The molecule has 5 rings (SSSR count). The van der Waals surface area contributed by atoms with Gasteiger partial charge in [0.1, 0.15) is 11.6 Å². The van der Waals surface area contributed by atoms with E-state index in [2.05, 4.69) is 71.2 Å². The smallest absolute Gasteiger partial charge is 0.229 e. The third-order valence-corrected chi connectivity index (χ3v) is 6.27. The molecule has 0 unspecified atom stereocenters. The molecule has 2 aromatic heterocycles. The zero-order valence-corrected chi connectivity index (χ0v) is 19.9. The maximum absolute atomic E-state index is 5.31. The second-order valence-electron chi connectivity index (χ2n) is 7.87. The molecule has 0 spiro atoms. The lowest BCUT2D eigenvalue weighted by Gasteiger charge is -2.14. The van der Waals surface area contributed by atoms with Gasteiger partial charge < -0.3 is 25.7 Å². The molecule has 0 amide bonds. The van der Waals surface area contributed by atoms with Crippen molar-refractivity contribution in [3.8, 4) is 5.75 Å². The van der Waals surface area contributed by atoms with Crippen molar-refractivity contribution in [2.45, 2.75) is 13.0 Å². The molecule has 7 nitrogen and oxygen atoms in total. The van der Waals surface area contributed by atoms with E-state index in [4.69, 9.17) is 4.74 Å². The van der Waals surface area contributed by atoms with E-state index in [9.17, 15) is 0 Å². The minimum absolute atomic E-state index is 0.531. The second kappa shape index (κ2) is 9.64. The lowest BCUT2D eigenvalue weighted by atomic mass is 9.99. The lowest BCUT2D eigenvalue weighted by molar-refractivity contribution is 0.414. The quantitative estimate of drug-likeness (QED) is 0.267. The normalized spacial score (nSPS) is 13.6. The molecule has 0 saturated carbocycles. The number of benzene rings is 2. The van der Waals surface area contributed by atoms with Crippen molar-refractivity contribution >= 4 is 49.9 Å². The summed E-state index contributed by atoms with van der Waals surface area (Å²) in [6.07, 6.45) is 7.15. The highest BCUT2D eigenvalue weighted by Gasteiger charge is 2.12. The SMILES string of the molecule is COc1cccc(CNc2nc(Nc3ccc4[nH]cc(C5=CCNCC5)c4c3)ncc2Br)c1. The first-order valence-electron chi connectivity index (χ1n) is 10.9. The van der Waals surface area contributed by atoms with Gasteiger partial charge in [-0.2, -0.15) is 4.98 Å². The van der Waals surface area contributed by atoms with Gasteiger partial charge in [-0.05, 0) is 70.4 Å². The zero-order chi connectivity index (χ0) is 22.6. The molecule has 2 aromatic carbocycles. The molecule has 33 heavy (non-hydrogen) atoms. The molecule has 4 aromatic rings. The van der Waals surface area contributed by atoms with Gasteiger partial charge >= 0.3 is 0 Å². The summed E-state index contributed by atoms with van der Waals surface area (Å²) in [6, 6.07) is 14.2. The third-order valence-electron chi connectivity index (χ3n) is 5.69. The van der Waals surface area contributed by atoms with Crippen LogP contribution < -0.4 is 20.7 Å². The van der Waals surface area contributed by atoms with Crippen LogP contribution in [0.3, 0.4) is 0 Å². The number of fused-ring (bicyclic) bond motifs is 1. The number of hydrogen-bond donors (Lipinski definition) is 4. The van der Waals surface area contributed by atoms with Gasteiger partial charge in [0.25, 0.3) is 0 Å². The Balaban J connectivity index is 1.35. The summed E-state index contributed by atoms with van der Waals surface area (Å²) in [6.45, 7) is 2.54. The average molecular weight is 505 g/mol. The molecular formula is C25H25BrN6O. The summed E-state index contributed by atoms with van der Waals surface area (Å²) in [4.78, 5) is 12.5. The Bertz CT molecular complexity index is 1320. The molecule has 0 atom stereocenters. The summed E-state index contributed by atoms with van der Waals surface area (Å²) in [5.74, 6) is 2.08. The van der Waals surface area contributed by atoms with Crippen molar-refractivity contribution in [3.63, 3.8) is 0 Å². The molecule has 0 fully saturated rings. The minimum Gasteiger partial charge on any atom is -0.497 e. The van der Waals surface area contributed by atoms with E-state index < -0.39 is 0 Å². The fourth-order valence-electron chi connectivity index (χ4n) is 3.98. The Hall–Kier alpha value is -3.36. The summed E-state index contributed by atoms with van der Waals surface area (Å²) >= 11 is 3.54. The van der Waals surface area contributed by atoms with Crippen LogP contribution in [0.25, 0.3) is 16.5 Å². The fourth-order valence-corrected chi connectivity index (χ4v) is 4.31. The second-order valence-corrected chi connectivity index (χ2v) is 8.72. The van der Waals surface area contributed by atoms with Gasteiger partial charge in [-0.15, -0.1) is 0 Å². The number of H-pyrrole nitrogens is 1. The number of nitrogens with one attached hydrogen (secondary N) is 4. The minimum atomic E-state index is 0.531. The standard InChI is InChI=1S/C25H25BrN6O/c1-33-19-4-2-3-16(11-19)13-29-24-22(26)15-30-25(32-24)31-18-5-6-23-20(12-18)21(14-28-23)17-7-9-27-10-8-17/h2-7,11-12,14-15,27-28H,8-10,13H2,1H3,(H2,29,30,31,32). The number of aromatic amines is 1. The maximum Gasteiger partial charge on any atom is 0.229 e. The molecule has 1 aliphatic rings. The first-order valence-corrected chi connectivity index (χ1v) is 11.7. The van der Waals surface area contributed by atoms with Crippen LogP contribution in [-0.4, -0.2) is 35.2 Å². The summed E-state index contributed by atoms with van der Waals surface area (Å²) < 4.78 is 6.11. The predicted molar refractivity (Wildman–Crippen MR) is 137 cm³/mol. The Morgan fingerprint density at radius 1 is 1.18 bits per heavy atom. The molecule has 8 heteroatoms. The van der Waals surface area contributed by atoms with E-state index in [-0.39, 0.29) is 0 Å². The Morgan fingerprint density at radius 3 is 2.97 bits per heavy atom. The Labute approximate surface area is 200 Å². The van der Waals surface area contributed by atoms with Gasteiger partial charge in [0.2, 0.25) is 5.95 Å². The van der Waals surface area contributed by atoms with E-state index >= 15 is 0 Å². The summed E-state index contributed by atoms with van der Waals surface area (Å²) in [7, 11) is 1.67. The van der Waals surface area contributed by atoms with Crippen LogP contribution in [0.15, 0.2) is 65.4 Å². The maximum atomic E-state index is 5.31. The van der Waals surface area contributed by atoms with Crippen LogP contribution >= 0.6 is 15.9 Å². The van der Waals surface area contributed by atoms with Crippen LogP contribution in [0.1, 0.15) is 17.5 Å². The number of methoxy groups -OCH3 is 1. The fraction of sp³-hybridized carbons (Fsp3) is 0.200. The van der Waals surface area contributed by atoms with Gasteiger partial charge in [-0.1, -0.05) is 18.2 Å². The molecular weight excluding hydrogens is 480 g/mol. The van der Waals surface area contributed by atoms with Crippen LogP contribution in [-0.2, 0) is 6.54 Å². The van der Waals surface area contributed by atoms with Crippen LogP contribution in [0, 0.1) is 0 Å². The number of ether oxygens (including phenoxy) is 1. The Morgan fingerprint density at radius 2 is 2.12 bits per heavy atom. The van der Waals surface area contributed by atoms with Crippen molar-refractivity contribution in [2.24, 2.45) is 0 Å².